The highest BCUT2D eigenvalue weighted by molar-refractivity contribution is 5.83. The smallest absolute Gasteiger partial charge is 0.410 e. The number of carbonyl (C=O) groups is 2. The Kier molecular flexibility index (Phi) is 4.55. The third kappa shape index (κ3) is 3.56. The molecule has 0 radical (unpaired) electrons. The number of rotatable bonds is 3. The van der Waals surface area contributed by atoms with Gasteiger partial charge >= 0.3 is 6.09 Å². The maximum atomic E-state index is 11.9. The summed E-state index contributed by atoms with van der Waals surface area (Å²) in [6.07, 6.45) is 0.898. The van der Waals surface area contributed by atoms with Gasteiger partial charge in [0.05, 0.1) is 0 Å². The van der Waals surface area contributed by atoms with Crippen molar-refractivity contribution < 1.29 is 14.3 Å². The van der Waals surface area contributed by atoms with Gasteiger partial charge in [-0.15, -0.1) is 0 Å². The Morgan fingerprint density at radius 3 is 2.79 bits per heavy atom. The third-order valence-corrected chi connectivity index (χ3v) is 3.48. The number of carbonyl (C=O) groups excluding carboxylic acids is 2. The molecule has 19 heavy (non-hydrogen) atoms. The quantitative estimate of drug-likeness (QED) is 0.840. The van der Waals surface area contributed by atoms with Crippen LogP contribution < -0.4 is 0 Å². The fourth-order valence-corrected chi connectivity index (χ4v) is 2.24. The zero-order valence-electron chi connectivity index (χ0n) is 11.2. The second kappa shape index (κ2) is 6.36. The molecule has 0 aliphatic carbocycles. The summed E-state index contributed by atoms with van der Waals surface area (Å²) in [5, 5.41) is 0. The van der Waals surface area contributed by atoms with Crippen LogP contribution in [0.5, 0.6) is 0 Å². The third-order valence-electron chi connectivity index (χ3n) is 3.48. The van der Waals surface area contributed by atoms with Crippen molar-refractivity contribution in [2.75, 3.05) is 13.1 Å². The number of likely N-dealkylation sites (tertiary alicyclic amines) is 1. The molecule has 1 fully saturated rings. The van der Waals surface area contributed by atoms with Gasteiger partial charge in [-0.05, 0) is 12.0 Å². The van der Waals surface area contributed by atoms with E-state index in [0.29, 0.717) is 19.5 Å². The second-order valence-corrected chi connectivity index (χ2v) is 4.81. The first-order valence-corrected chi connectivity index (χ1v) is 6.69. The molecule has 1 amide bonds. The van der Waals surface area contributed by atoms with Crippen molar-refractivity contribution in [1.29, 1.82) is 0 Å². The maximum absolute atomic E-state index is 11.9. The Balaban J connectivity index is 1.85. The summed E-state index contributed by atoms with van der Waals surface area (Å²) in [5.41, 5.74) is 0.968. The summed E-state index contributed by atoms with van der Waals surface area (Å²) in [6.45, 7) is 3.22. The van der Waals surface area contributed by atoms with Crippen LogP contribution in [0, 0.1) is 5.92 Å². The first-order valence-electron chi connectivity index (χ1n) is 6.69. The molecule has 1 saturated heterocycles. The molecule has 1 aliphatic heterocycles. The number of hydrogen-bond acceptors (Lipinski definition) is 3. The van der Waals surface area contributed by atoms with Gasteiger partial charge in [0, 0.05) is 25.4 Å². The molecule has 1 atom stereocenters. The minimum Gasteiger partial charge on any atom is -0.445 e. The summed E-state index contributed by atoms with van der Waals surface area (Å²) >= 11 is 0. The molecule has 1 aliphatic rings. The average molecular weight is 261 g/mol. The molecule has 0 bridgehead atoms. The van der Waals surface area contributed by atoms with Crippen molar-refractivity contribution in [2.45, 2.75) is 26.4 Å². The lowest BCUT2D eigenvalue weighted by atomic mass is 9.94. The molecule has 0 spiro atoms. The minimum absolute atomic E-state index is 0.0296. The first-order chi connectivity index (χ1) is 9.20. The number of ether oxygens (including phenoxy) is 1. The van der Waals surface area contributed by atoms with Gasteiger partial charge in [0.25, 0.3) is 0 Å². The summed E-state index contributed by atoms with van der Waals surface area (Å²) in [5.74, 6) is 0.229. The SMILES string of the molecule is CCC1CN(C(=O)OCc2ccccc2)CCC1=O. The maximum Gasteiger partial charge on any atom is 0.410 e. The molecule has 4 heteroatoms. The van der Waals surface area contributed by atoms with Gasteiger partial charge in [0.2, 0.25) is 0 Å². The molecule has 0 aromatic heterocycles. The topological polar surface area (TPSA) is 46.6 Å². The van der Waals surface area contributed by atoms with E-state index in [1.807, 2.05) is 37.3 Å². The van der Waals surface area contributed by atoms with Crippen molar-refractivity contribution in [2.24, 2.45) is 5.92 Å². The molecule has 0 saturated carbocycles. The van der Waals surface area contributed by atoms with E-state index in [4.69, 9.17) is 4.74 Å². The molecule has 4 nitrogen and oxygen atoms in total. The summed E-state index contributed by atoms with van der Waals surface area (Å²) in [7, 11) is 0. The van der Waals surface area contributed by atoms with E-state index in [1.54, 1.807) is 4.90 Å². The van der Waals surface area contributed by atoms with E-state index >= 15 is 0 Å². The van der Waals surface area contributed by atoms with E-state index in [-0.39, 0.29) is 24.4 Å². The van der Waals surface area contributed by atoms with Gasteiger partial charge in [-0.25, -0.2) is 4.79 Å². The fraction of sp³-hybridized carbons (Fsp3) is 0.467. The van der Waals surface area contributed by atoms with Crippen LogP contribution in [0.3, 0.4) is 0 Å². The van der Waals surface area contributed by atoms with Crippen LogP contribution >= 0.6 is 0 Å². The number of amides is 1. The predicted octanol–water partition coefficient (Wildman–Crippen LogP) is 2.62. The number of Topliss-reactive ketones (excluding diaryl/α,β-unsaturated/α-hetero) is 1. The van der Waals surface area contributed by atoms with Crippen LogP contribution in [0.15, 0.2) is 30.3 Å². The zero-order chi connectivity index (χ0) is 13.7. The van der Waals surface area contributed by atoms with Crippen molar-refractivity contribution in [1.82, 2.24) is 4.90 Å². The Morgan fingerprint density at radius 2 is 2.11 bits per heavy atom. The Labute approximate surface area is 113 Å². The fourth-order valence-electron chi connectivity index (χ4n) is 2.24. The van der Waals surface area contributed by atoms with E-state index < -0.39 is 0 Å². The summed E-state index contributed by atoms with van der Waals surface area (Å²) < 4.78 is 5.27. The number of ketones is 1. The second-order valence-electron chi connectivity index (χ2n) is 4.81. The molecular formula is C15H19NO3. The van der Waals surface area contributed by atoms with Crippen molar-refractivity contribution >= 4 is 11.9 Å². The molecule has 2 rings (SSSR count). The van der Waals surface area contributed by atoms with E-state index in [9.17, 15) is 9.59 Å². The van der Waals surface area contributed by atoms with Crippen LogP contribution in [0.1, 0.15) is 25.3 Å². The molecule has 1 aromatic rings. The van der Waals surface area contributed by atoms with Crippen LogP contribution in [-0.2, 0) is 16.1 Å². The van der Waals surface area contributed by atoms with E-state index in [1.165, 1.54) is 0 Å². The van der Waals surface area contributed by atoms with Crippen LogP contribution in [-0.4, -0.2) is 29.9 Å². The van der Waals surface area contributed by atoms with Crippen molar-refractivity contribution in [3.8, 4) is 0 Å². The van der Waals surface area contributed by atoms with Gasteiger partial charge in [0.15, 0.2) is 0 Å². The lowest BCUT2D eigenvalue weighted by Crippen LogP contribution is -2.44. The minimum atomic E-state index is -0.324. The van der Waals surface area contributed by atoms with E-state index in [2.05, 4.69) is 0 Å². The number of benzene rings is 1. The Bertz CT molecular complexity index is 444. The van der Waals surface area contributed by atoms with Gasteiger partial charge < -0.3 is 9.64 Å². The molecule has 1 unspecified atom stereocenters. The van der Waals surface area contributed by atoms with Gasteiger partial charge in [-0.2, -0.15) is 0 Å². The van der Waals surface area contributed by atoms with Crippen LogP contribution in [0.25, 0.3) is 0 Å². The highest BCUT2D eigenvalue weighted by Gasteiger charge is 2.29. The normalized spacial score (nSPS) is 19.3. The molecular weight excluding hydrogens is 242 g/mol. The van der Waals surface area contributed by atoms with Gasteiger partial charge in [0.1, 0.15) is 12.4 Å². The lowest BCUT2D eigenvalue weighted by Gasteiger charge is -2.30. The number of hydrogen-bond donors (Lipinski definition) is 0. The molecule has 1 heterocycles. The number of nitrogens with zero attached hydrogens (tertiary/aromatic N) is 1. The van der Waals surface area contributed by atoms with E-state index in [0.717, 1.165) is 12.0 Å². The van der Waals surface area contributed by atoms with Crippen LogP contribution in [0.2, 0.25) is 0 Å². The lowest BCUT2D eigenvalue weighted by molar-refractivity contribution is -0.125. The zero-order valence-corrected chi connectivity index (χ0v) is 11.2. The summed E-state index contributed by atoms with van der Waals surface area (Å²) in [4.78, 5) is 25.2. The molecule has 1 aromatic carbocycles. The highest BCUT2D eigenvalue weighted by Crippen LogP contribution is 2.17. The Morgan fingerprint density at radius 1 is 1.37 bits per heavy atom. The van der Waals surface area contributed by atoms with Gasteiger partial charge in [-0.1, -0.05) is 37.3 Å². The average Bonchev–Trinajstić information content (AvgIpc) is 2.46. The van der Waals surface area contributed by atoms with Crippen molar-refractivity contribution in [3.05, 3.63) is 35.9 Å². The standard InChI is InChI=1S/C15H19NO3/c1-2-13-10-16(9-8-14(13)17)15(18)19-11-12-6-4-3-5-7-12/h3-7,13H,2,8-11H2,1H3. The monoisotopic (exact) mass is 261 g/mol. The first kappa shape index (κ1) is 13.6. The van der Waals surface area contributed by atoms with Crippen molar-refractivity contribution in [3.63, 3.8) is 0 Å². The van der Waals surface area contributed by atoms with Gasteiger partial charge in [-0.3, -0.25) is 4.79 Å². The molecule has 0 N–H and O–H groups in total. The molecule has 102 valence electrons. The largest absolute Gasteiger partial charge is 0.445 e. The number of piperidine rings is 1. The van der Waals surface area contributed by atoms with Crippen LogP contribution in [0.4, 0.5) is 4.79 Å². The predicted molar refractivity (Wildman–Crippen MR) is 71.6 cm³/mol. The Hall–Kier alpha value is -1.84. The summed E-state index contributed by atoms with van der Waals surface area (Å²) in [6, 6.07) is 9.59. The highest BCUT2D eigenvalue weighted by atomic mass is 16.6.